The van der Waals surface area contributed by atoms with Gasteiger partial charge in [0.1, 0.15) is 0 Å². The maximum atomic E-state index is 8.69. The lowest BCUT2D eigenvalue weighted by atomic mass is 10.1. The summed E-state index contributed by atoms with van der Waals surface area (Å²) in [5, 5.41) is 12.3. The van der Waals surface area contributed by atoms with Gasteiger partial charge in [-0.15, -0.1) is 0 Å². The Morgan fingerprint density at radius 3 is 2.07 bits per heavy atom. The molecular formula is C12H27NO. The van der Waals surface area contributed by atoms with Crippen molar-refractivity contribution in [2.75, 3.05) is 6.61 Å². The van der Waals surface area contributed by atoms with Crippen LogP contribution in [0.25, 0.3) is 0 Å². The summed E-state index contributed by atoms with van der Waals surface area (Å²) < 4.78 is 0. The molecule has 0 saturated heterocycles. The molecular weight excluding hydrogens is 174 g/mol. The van der Waals surface area contributed by atoms with Gasteiger partial charge < -0.3 is 10.4 Å². The summed E-state index contributed by atoms with van der Waals surface area (Å²) in [6.45, 7) is 7.01. The predicted octanol–water partition coefficient (Wildman–Crippen LogP) is 2.71. The summed E-state index contributed by atoms with van der Waals surface area (Å²) in [6, 6.07) is 1.16. The van der Waals surface area contributed by atoms with Crippen molar-refractivity contribution in [3.8, 4) is 0 Å². The Balaban J connectivity index is 3.35. The lowest BCUT2D eigenvalue weighted by Gasteiger charge is -2.19. The van der Waals surface area contributed by atoms with Crippen LogP contribution in [-0.4, -0.2) is 23.8 Å². The predicted molar refractivity (Wildman–Crippen MR) is 62.5 cm³/mol. The molecule has 0 unspecified atom stereocenters. The molecule has 2 heteroatoms. The van der Waals surface area contributed by atoms with Gasteiger partial charge >= 0.3 is 0 Å². The van der Waals surface area contributed by atoms with E-state index >= 15 is 0 Å². The Labute approximate surface area is 89.1 Å². The SMILES string of the molecule is CCCCC[C@H](C)N[C@H](C)CCCO. The van der Waals surface area contributed by atoms with E-state index in [0.29, 0.717) is 18.7 Å². The van der Waals surface area contributed by atoms with Gasteiger partial charge in [-0.1, -0.05) is 26.2 Å². The highest BCUT2D eigenvalue weighted by Gasteiger charge is 2.06. The minimum absolute atomic E-state index is 0.316. The third kappa shape index (κ3) is 8.52. The minimum Gasteiger partial charge on any atom is -0.396 e. The van der Waals surface area contributed by atoms with Crippen LogP contribution in [0.3, 0.4) is 0 Å². The maximum Gasteiger partial charge on any atom is 0.0431 e. The minimum atomic E-state index is 0.316. The molecule has 2 atom stereocenters. The van der Waals surface area contributed by atoms with Crippen LogP contribution in [0.2, 0.25) is 0 Å². The molecule has 14 heavy (non-hydrogen) atoms. The van der Waals surface area contributed by atoms with E-state index in [4.69, 9.17) is 5.11 Å². The van der Waals surface area contributed by atoms with E-state index in [-0.39, 0.29) is 0 Å². The highest BCUT2D eigenvalue weighted by Crippen LogP contribution is 2.05. The monoisotopic (exact) mass is 201 g/mol. The summed E-state index contributed by atoms with van der Waals surface area (Å²) in [7, 11) is 0. The van der Waals surface area contributed by atoms with Crippen LogP contribution in [0, 0.1) is 0 Å². The van der Waals surface area contributed by atoms with Gasteiger partial charge in [-0.05, 0) is 33.1 Å². The van der Waals surface area contributed by atoms with E-state index in [0.717, 1.165) is 12.8 Å². The fourth-order valence-corrected chi connectivity index (χ4v) is 1.75. The van der Waals surface area contributed by atoms with E-state index in [1.54, 1.807) is 0 Å². The normalized spacial score (nSPS) is 15.4. The van der Waals surface area contributed by atoms with Crippen molar-refractivity contribution >= 4 is 0 Å². The lowest BCUT2D eigenvalue weighted by Crippen LogP contribution is -2.34. The van der Waals surface area contributed by atoms with Gasteiger partial charge in [0.15, 0.2) is 0 Å². The Morgan fingerprint density at radius 1 is 1.00 bits per heavy atom. The zero-order chi connectivity index (χ0) is 10.8. The first-order valence-corrected chi connectivity index (χ1v) is 6.07. The second-order valence-electron chi connectivity index (χ2n) is 4.33. The smallest absolute Gasteiger partial charge is 0.0431 e. The second kappa shape index (κ2) is 9.47. The van der Waals surface area contributed by atoms with Crippen molar-refractivity contribution in [1.82, 2.24) is 5.32 Å². The van der Waals surface area contributed by atoms with Crippen LogP contribution in [0.15, 0.2) is 0 Å². The Morgan fingerprint density at radius 2 is 1.57 bits per heavy atom. The molecule has 0 amide bonds. The van der Waals surface area contributed by atoms with Gasteiger partial charge in [-0.2, -0.15) is 0 Å². The highest BCUT2D eigenvalue weighted by molar-refractivity contribution is 4.67. The van der Waals surface area contributed by atoms with Crippen LogP contribution in [-0.2, 0) is 0 Å². The Hall–Kier alpha value is -0.0800. The van der Waals surface area contributed by atoms with E-state index in [1.807, 2.05) is 0 Å². The van der Waals surface area contributed by atoms with Gasteiger partial charge in [0.25, 0.3) is 0 Å². The van der Waals surface area contributed by atoms with Crippen molar-refractivity contribution in [2.45, 2.75) is 71.4 Å². The number of hydrogen-bond donors (Lipinski definition) is 2. The number of aliphatic hydroxyl groups excluding tert-OH is 1. The molecule has 0 aliphatic carbocycles. The van der Waals surface area contributed by atoms with Gasteiger partial charge in [-0.3, -0.25) is 0 Å². The van der Waals surface area contributed by atoms with Crippen LogP contribution >= 0.6 is 0 Å². The van der Waals surface area contributed by atoms with Crippen LogP contribution < -0.4 is 5.32 Å². The quantitative estimate of drug-likeness (QED) is 0.562. The average molecular weight is 201 g/mol. The van der Waals surface area contributed by atoms with Crippen molar-refractivity contribution in [3.05, 3.63) is 0 Å². The molecule has 0 aliphatic heterocycles. The second-order valence-corrected chi connectivity index (χ2v) is 4.33. The molecule has 0 rings (SSSR count). The molecule has 2 N–H and O–H groups in total. The molecule has 86 valence electrons. The molecule has 0 spiro atoms. The third-order valence-corrected chi connectivity index (χ3v) is 2.60. The largest absolute Gasteiger partial charge is 0.396 e. The van der Waals surface area contributed by atoms with Crippen molar-refractivity contribution in [2.24, 2.45) is 0 Å². The van der Waals surface area contributed by atoms with Gasteiger partial charge in [0.05, 0.1) is 0 Å². The number of hydrogen-bond acceptors (Lipinski definition) is 2. The summed E-state index contributed by atoms with van der Waals surface area (Å²) in [5.41, 5.74) is 0. The first-order valence-electron chi connectivity index (χ1n) is 6.07. The number of aliphatic hydroxyl groups is 1. The Bertz CT molecular complexity index is 117. The molecule has 0 aromatic carbocycles. The van der Waals surface area contributed by atoms with Gasteiger partial charge in [0.2, 0.25) is 0 Å². The molecule has 0 aromatic rings. The van der Waals surface area contributed by atoms with E-state index in [2.05, 4.69) is 26.1 Å². The number of nitrogens with one attached hydrogen (secondary N) is 1. The highest BCUT2D eigenvalue weighted by atomic mass is 16.2. The summed E-state index contributed by atoms with van der Waals surface area (Å²) in [6.07, 6.45) is 7.24. The van der Waals surface area contributed by atoms with Crippen LogP contribution in [0.4, 0.5) is 0 Å². The number of unbranched alkanes of at least 4 members (excludes halogenated alkanes) is 2. The summed E-state index contributed by atoms with van der Waals surface area (Å²) in [5.74, 6) is 0. The maximum absolute atomic E-state index is 8.69. The van der Waals surface area contributed by atoms with E-state index < -0.39 is 0 Å². The lowest BCUT2D eigenvalue weighted by molar-refractivity contribution is 0.273. The van der Waals surface area contributed by atoms with E-state index in [1.165, 1.54) is 25.7 Å². The molecule has 0 aliphatic rings. The zero-order valence-corrected chi connectivity index (χ0v) is 10.1. The molecule has 0 bridgehead atoms. The van der Waals surface area contributed by atoms with E-state index in [9.17, 15) is 0 Å². The van der Waals surface area contributed by atoms with Crippen molar-refractivity contribution in [3.63, 3.8) is 0 Å². The first kappa shape index (κ1) is 13.9. The van der Waals surface area contributed by atoms with Gasteiger partial charge in [-0.25, -0.2) is 0 Å². The fourth-order valence-electron chi connectivity index (χ4n) is 1.75. The standard InChI is InChI=1S/C12H27NO/c1-4-5-6-8-11(2)13-12(3)9-7-10-14/h11-14H,4-10H2,1-3H3/t11-,12+/m0/s1. The molecule has 0 fully saturated rings. The average Bonchev–Trinajstić information content (AvgIpc) is 2.15. The first-order chi connectivity index (χ1) is 6.70. The third-order valence-electron chi connectivity index (χ3n) is 2.60. The van der Waals surface area contributed by atoms with Crippen LogP contribution in [0.1, 0.15) is 59.3 Å². The zero-order valence-electron chi connectivity index (χ0n) is 10.1. The molecule has 0 saturated carbocycles. The Kier molecular flexibility index (Phi) is 9.42. The number of rotatable bonds is 9. The molecule has 0 aromatic heterocycles. The van der Waals surface area contributed by atoms with Crippen molar-refractivity contribution in [1.29, 1.82) is 0 Å². The van der Waals surface area contributed by atoms with Crippen LogP contribution in [0.5, 0.6) is 0 Å². The molecule has 2 nitrogen and oxygen atoms in total. The van der Waals surface area contributed by atoms with Crippen molar-refractivity contribution < 1.29 is 5.11 Å². The topological polar surface area (TPSA) is 32.3 Å². The molecule has 0 radical (unpaired) electrons. The van der Waals surface area contributed by atoms with Gasteiger partial charge in [0, 0.05) is 18.7 Å². The fraction of sp³-hybridized carbons (Fsp3) is 1.00. The summed E-state index contributed by atoms with van der Waals surface area (Å²) >= 11 is 0. The molecule has 0 heterocycles. The summed E-state index contributed by atoms with van der Waals surface area (Å²) in [4.78, 5) is 0.